The second-order valence-electron chi connectivity index (χ2n) is 10.8. The van der Waals surface area contributed by atoms with Crippen molar-refractivity contribution in [3.05, 3.63) is 77.6 Å². The molecule has 4 aromatic rings. The molecule has 2 amide bonds. The van der Waals surface area contributed by atoms with Crippen molar-refractivity contribution in [2.75, 3.05) is 30.8 Å². The summed E-state index contributed by atoms with van der Waals surface area (Å²) in [5.74, 6) is -2.00. The Morgan fingerprint density at radius 3 is 2.27 bits per heavy atom. The summed E-state index contributed by atoms with van der Waals surface area (Å²) in [6.45, 7) is -1.09. The van der Waals surface area contributed by atoms with E-state index < -0.39 is 46.0 Å². The maximum Gasteiger partial charge on any atom is 0.411 e. The van der Waals surface area contributed by atoms with E-state index in [0.29, 0.717) is 5.56 Å². The Bertz CT molecular complexity index is 1880. The molecule has 0 unspecified atom stereocenters. The minimum Gasteiger partial charge on any atom is -0.455 e. The van der Waals surface area contributed by atoms with Crippen molar-refractivity contribution in [2.24, 2.45) is 0 Å². The highest BCUT2D eigenvalue weighted by molar-refractivity contribution is 7.92. The van der Waals surface area contributed by atoms with Gasteiger partial charge in [-0.25, -0.2) is 12.8 Å². The van der Waals surface area contributed by atoms with Gasteiger partial charge >= 0.3 is 6.18 Å². The van der Waals surface area contributed by atoms with Crippen LogP contribution in [0.5, 0.6) is 0 Å². The lowest BCUT2D eigenvalue weighted by Gasteiger charge is -2.25. The molecular weight excluding hydrogens is 621 g/mol. The first kappa shape index (κ1) is 31.9. The summed E-state index contributed by atoms with van der Waals surface area (Å²) in [7, 11) is -2.64. The molecule has 3 aromatic carbocycles. The Labute approximate surface area is 255 Å². The number of carbonyl (C=O) groups excluding carboxylic acids is 2. The Morgan fingerprint density at radius 1 is 1.00 bits per heavy atom. The molecule has 0 atom stereocenters. The van der Waals surface area contributed by atoms with Crippen LogP contribution in [0.15, 0.2) is 65.1 Å². The molecular formula is C31H28F5N3O5S. The Balaban J connectivity index is 1.73. The average Bonchev–Trinajstić information content (AvgIpc) is 3.69. The number of hydrogen-bond donors (Lipinski definition) is 2. The van der Waals surface area contributed by atoms with Crippen molar-refractivity contribution in [1.82, 2.24) is 10.6 Å². The number of furan rings is 1. The molecule has 0 bridgehead atoms. The zero-order valence-corrected chi connectivity index (χ0v) is 24.9. The number of benzene rings is 3. The van der Waals surface area contributed by atoms with Crippen molar-refractivity contribution in [1.29, 1.82) is 0 Å². The molecule has 0 spiro atoms. The summed E-state index contributed by atoms with van der Waals surface area (Å²) in [5, 5.41) is 4.83. The van der Waals surface area contributed by atoms with Gasteiger partial charge in [-0.15, -0.1) is 0 Å². The molecule has 8 nitrogen and oxygen atoms in total. The number of rotatable bonds is 10. The SMILES string of the molecule is CNC(=O)c1c(-c2ccc(F)cc2)oc2cc(N(CCCF)S(C)(=O)=O)c(-c3cccc(C(=O)NC4(C(F)(F)F)CC4)c3)cc12. The van der Waals surface area contributed by atoms with Crippen molar-refractivity contribution >= 4 is 38.5 Å². The Hall–Kier alpha value is -4.46. The number of halogens is 5. The highest BCUT2D eigenvalue weighted by atomic mass is 32.2. The van der Waals surface area contributed by atoms with Crippen molar-refractivity contribution in [3.63, 3.8) is 0 Å². The first-order chi connectivity index (χ1) is 21.2. The number of alkyl halides is 4. The third-order valence-electron chi connectivity index (χ3n) is 7.61. The van der Waals surface area contributed by atoms with E-state index in [0.717, 1.165) is 10.6 Å². The summed E-state index contributed by atoms with van der Waals surface area (Å²) in [5.41, 5.74) is -1.51. The molecule has 0 aliphatic heterocycles. The standard InChI is InChI=1S/C31H28F5N3O5S/c1-37-29(41)26-23-16-22(19-5-3-6-20(15-19)28(40)38-30(11-12-30)31(34,35)36)24(39(14-4-13-32)45(2,42)43)17-25(23)44-27(26)18-7-9-21(33)10-8-18/h3,5-10,15-17H,4,11-14H2,1-2H3,(H,37,41)(H,38,40). The number of amides is 2. The van der Waals surface area contributed by atoms with E-state index in [1.807, 2.05) is 0 Å². The van der Waals surface area contributed by atoms with Crippen LogP contribution < -0.4 is 14.9 Å². The molecule has 238 valence electrons. The molecule has 14 heteroatoms. The van der Waals surface area contributed by atoms with Crippen LogP contribution in [0.2, 0.25) is 0 Å². The van der Waals surface area contributed by atoms with Crippen molar-refractivity contribution in [3.8, 4) is 22.5 Å². The summed E-state index contributed by atoms with van der Waals surface area (Å²) in [6, 6.07) is 13.6. The van der Waals surface area contributed by atoms with Crippen LogP contribution in [-0.4, -0.2) is 58.5 Å². The van der Waals surface area contributed by atoms with Crippen LogP contribution in [0.1, 0.15) is 40.0 Å². The molecule has 1 aromatic heterocycles. The van der Waals surface area contributed by atoms with E-state index in [-0.39, 0.29) is 70.5 Å². The number of hydrogen-bond acceptors (Lipinski definition) is 5. The van der Waals surface area contributed by atoms with Gasteiger partial charge in [-0.1, -0.05) is 12.1 Å². The molecule has 1 aliphatic rings. The van der Waals surface area contributed by atoms with Crippen molar-refractivity contribution in [2.45, 2.75) is 31.0 Å². The fourth-order valence-corrected chi connectivity index (χ4v) is 6.08. The molecule has 1 heterocycles. The van der Waals surface area contributed by atoms with E-state index >= 15 is 0 Å². The Kier molecular flexibility index (Phi) is 8.38. The van der Waals surface area contributed by atoms with Gasteiger partial charge in [0.05, 0.1) is 24.2 Å². The summed E-state index contributed by atoms with van der Waals surface area (Å²) >= 11 is 0. The zero-order chi connectivity index (χ0) is 32.7. The van der Waals surface area contributed by atoms with E-state index in [1.165, 1.54) is 67.7 Å². The minimum absolute atomic E-state index is 0.0211. The number of carbonyl (C=O) groups is 2. The van der Waals surface area contributed by atoms with E-state index in [4.69, 9.17) is 4.42 Å². The topological polar surface area (TPSA) is 109 Å². The lowest BCUT2D eigenvalue weighted by molar-refractivity contribution is -0.163. The normalized spacial score (nSPS) is 14.3. The van der Waals surface area contributed by atoms with E-state index in [9.17, 15) is 40.0 Å². The van der Waals surface area contributed by atoms with Crippen LogP contribution in [0.3, 0.4) is 0 Å². The van der Waals surface area contributed by atoms with Crippen LogP contribution in [0, 0.1) is 5.82 Å². The van der Waals surface area contributed by atoms with E-state index in [2.05, 4.69) is 10.6 Å². The molecule has 1 aliphatic carbocycles. The number of anilines is 1. The predicted octanol–water partition coefficient (Wildman–Crippen LogP) is 6.22. The number of fused-ring (bicyclic) bond motifs is 1. The molecule has 0 radical (unpaired) electrons. The second kappa shape index (κ2) is 11.8. The van der Waals surface area contributed by atoms with Crippen LogP contribution >= 0.6 is 0 Å². The number of nitrogens with zero attached hydrogens (tertiary/aromatic N) is 1. The zero-order valence-electron chi connectivity index (χ0n) is 24.1. The first-order valence-corrected chi connectivity index (χ1v) is 15.7. The fraction of sp³-hybridized carbons (Fsp3) is 0.290. The maximum atomic E-state index is 13.7. The molecule has 2 N–H and O–H groups in total. The molecule has 1 saturated carbocycles. The average molecular weight is 650 g/mol. The largest absolute Gasteiger partial charge is 0.455 e. The quantitative estimate of drug-likeness (QED) is 0.199. The summed E-state index contributed by atoms with van der Waals surface area (Å²) in [4.78, 5) is 26.1. The van der Waals surface area contributed by atoms with Gasteiger partial charge in [-0.05, 0) is 67.3 Å². The van der Waals surface area contributed by atoms with Crippen LogP contribution in [0.25, 0.3) is 33.4 Å². The van der Waals surface area contributed by atoms with E-state index in [1.54, 1.807) is 0 Å². The number of nitrogens with one attached hydrogen (secondary N) is 2. The lowest BCUT2D eigenvalue weighted by Crippen LogP contribution is -2.47. The van der Waals surface area contributed by atoms with Gasteiger partial charge in [0.2, 0.25) is 10.0 Å². The van der Waals surface area contributed by atoms with Gasteiger partial charge in [0, 0.05) is 41.7 Å². The third kappa shape index (κ3) is 6.23. The molecule has 45 heavy (non-hydrogen) atoms. The van der Waals surface area contributed by atoms with Gasteiger partial charge < -0.3 is 15.1 Å². The highest BCUT2D eigenvalue weighted by Gasteiger charge is 2.64. The lowest BCUT2D eigenvalue weighted by atomic mass is 9.97. The summed E-state index contributed by atoms with van der Waals surface area (Å²) in [6.07, 6.45) is -4.36. The highest BCUT2D eigenvalue weighted by Crippen LogP contribution is 2.49. The van der Waals surface area contributed by atoms with Crippen molar-refractivity contribution < 1.29 is 44.4 Å². The maximum absolute atomic E-state index is 13.7. The van der Waals surface area contributed by atoms with Gasteiger partial charge in [-0.2, -0.15) is 13.2 Å². The van der Waals surface area contributed by atoms with Gasteiger partial charge in [-0.3, -0.25) is 18.3 Å². The predicted molar refractivity (Wildman–Crippen MR) is 159 cm³/mol. The summed E-state index contributed by atoms with van der Waals surface area (Å²) < 4.78 is 101. The molecule has 5 rings (SSSR count). The smallest absolute Gasteiger partial charge is 0.411 e. The van der Waals surface area contributed by atoms with Gasteiger partial charge in [0.1, 0.15) is 22.7 Å². The third-order valence-corrected chi connectivity index (χ3v) is 8.79. The Morgan fingerprint density at radius 2 is 1.69 bits per heavy atom. The van der Waals surface area contributed by atoms with Gasteiger partial charge in [0.25, 0.3) is 11.8 Å². The van der Waals surface area contributed by atoms with Crippen LogP contribution in [0.4, 0.5) is 27.6 Å². The first-order valence-electron chi connectivity index (χ1n) is 13.8. The number of sulfonamides is 1. The monoisotopic (exact) mass is 649 g/mol. The van der Waals surface area contributed by atoms with Crippen LogP contribution in [-0.2, 0) is 10.0 Å². The fourth-order valence-electron chi connectivity index (χ4n) is 5.11. The molecule has 0 saturated heterocycles. The minimum atomic E-state index is -4.63. The molecule has 1 fully saturated rings. The second-order valence-corrected chi connectivity index (χ2v) is 12.7. The van der Waals surface area contributed by atoms with Gasteiger partial charge in [0.15, 0.2) is 0 Å².